The number of anilines is 1. The van der Waals surface area contributed by atoms with E-state index in [1.54, 1.807) is 26.2 Å². The monoisotopic (exact) mass is 280 g/mol. The van der Waals surface area contributed by atoms with Crippen LogP contribution in [-0.2, 0) is 11.8 Å². The molecule has 0 fully saturated rings. The molecule has 8 heteroatoms. The number of hydrogen-bond acceptors (Lipinski definition) is 6. The van der Waals surface area contributed by atoms with E-state index in [2.05, 4.69) is 15.4 Å². The number of nitrogens with zero attached hydrogens (tertiary/aromatic N) is 3. The molecule has 0 aliphatic heterocycles. The number of thiazole rings is 1. The van der Waals surface area contributed by atoms with Gasteiger partial charge in [0.2, 0.25) is 0 Å². The average molecular weight is 280 g/mol. The SMILES string of the molecule is CCOC(=O)c1csc(NC(=O)c2ccn(C)n2)n1. The number of carbonyl (C=O) groups is 2. The number of aromatic nitrogens is 3. The van der Waals surface area contributed by atoms with Crippen molar-refractivity contribution in [1.29, 1.82) is 0 Å². The molecule has 2 aromatic heterocycles. The van der Waals surface area contributed by atoms with Gasteiger partial charge in [0, 0.05) is 18.6 Å². The Morgan fingerprint density at radius 3 is 2.89 bits per heavy atom. The predicted octanol–water partition coefficient (Wildman–Crippen LogP) is 1.31. The van der Waals surface area contributed by atoms with E-state index in [4.69, 9.17) is 4.74 Å². The second-order valence-corrected chi connectivity index (χ2v) is 4.45. The smallest absolute Gasteiger partial charge is 0.357 e. The van der Waals surface area contributed by atoms with Crippen LogP contribution in [0.1, 0.15) is 27.9 Å². The summed E-state index contributed by atoms with van der Waals surface area (Å²) in [4.78, 5) is 27.2. The van der Waals surface area contributed by atoms with E-state index in [1.807, 2.05) is 0 Å². The number of hydrogen-bond donors (Lipinski definition) is 1. The Kier molecular flexibility index (Phi) is 3.91. The summed E-state index contributed by atoms with van der Waals surface area (Å²) in [5.41, 5.74) is 0.471. The van der Waals surface area contributed by atoms with Crippen molar-refractivity contribution in [2.24, 2.45) is 7.05 Å². The van der Waals surface area contributed by atoms with Gasteiger partial charge in [-0.05, 0) is 13.0 Å². The van der Waals surface area contributed by atoms with Crippen LogP contribution in [0.3, 0.4) is 0 Å². The lowest BCUT2D eigenvalue weighted by atomic mass is 10.4. The molecule has 0 spiro atoms. The zero-order chi connectivity index (χ0) is 13.8. The topological polar surface area (TPSA) is 86.1 Å². The molecule has 19 heavy (non-hydrogen) atoms. The van der Waals surface area contributed by atoms with Gasteiger partial charge in [-0.15, -0.1) is 11.3 Å². The highest BCUT2D eigenvalue weighted by molar-refractivity contribution is 7.14. The molecule has 0 radical (unpaired) electrons. The molecule has 0 aliphatic carbocycles. The largest absolute Gasteiger partial charge is 0.461 e. The first-order valence-electron chi connectivity index (χ1n) is 5.53. The highest BCUT2D eigenvalue weighted by atomic mass is 32.1. The van der Waals surface area contributed by atoms with Gasteiger partial charge in [0.1, 0.15) is 0 Å². The van der Waals surface area contributed by atoms with E-state index in [0.29, 0.717) is 5.13 Å². The minimum atomic E-state index is -0.503. The zero-order valence-electron chi connectivity index (χ0n) is 10.4. The quantitative estimate of drug-likeness (QED) is 0.853. The van der Waals surface area contributed by atoms with E-state index >= 15 is 0 Å². The molecular weight excluding hydrogens is 268 g/mol. The first-order chi connectivity index (χ1) is 9.10. The summed E-state index contributed by atoms with van der Waals surface area (Å²) in [5, 5.41) is 8.41. The standard InChI is InChI=1S/C11H12N4O3S/c1-3-18-10(17)8-6-19-11(12-8)13-9(16)7-4-5-15(2)14-7/h4-6H,3H2,1-2H3,(H,12,13,16). The van der Waals surface area contributed by atoms with Gasteiger partial charge in [-0.25, -0.2) is 9.78 Å². The van der Waals surface area contributed by atoms with E-state index in [0.717, 1.165) is 11.3 Å². The highest BCUT2D eigenvalue weighted by Gasteiger charge is 2.15. The van der Waals surface area contributed by atoms with Crippen molar-refractivity contribution in [2.45, 2.75) is 6.92 Å². The Labute approximate surface area is 113 Å². The summed E-state index contributed by atoms with van der Waals surface area (Å²) in [6.45, 7) is 2.00. The van der Waals surface area contributed by atoms with Crippen molar-refractivity contribution in [3.8, 4) is 0 Å². The maximum Gasteiger partial charge on any atom is 0.357 e. The number of carbonyl (C=O) groups excluding carboxylic acids is 2. The molecule has 2 aromatic rings. The van der Waals surface area contributed by atoms with Crippen LogP contribution < -0.4 is 5.32 Å². The van der Waals surface area contributed by atoms with Gasteiger partial charge in [0.15, 0.2) is 16.5 Å². The number of amides is 1. The van der Waals surface area contributed by atoms with Crippen molar-refractivity contribution in [1.82, 2.24) is 14.8 Å². The molecule has 0 aromatic carbocycles. The summed E-state index contributed by atoms with van der Waals surface area (Å²) < 4.78 is 6.34. The lowest BCUT2D eigenvalue weighted by molar-refractivity contribution is 0.0520. The summed E-state index contributed by atoms with van der Waals surface area (Å²) in [6.07, 6.45) is 1.67. The molecule has 1 amide bonds. The lowest BCUT2D eigenvalue weighted by Gasteiger charge is -1.98. The number of ether oxygens (including phenoxy) is 1. The van der Waals surface area contributed by atoms with Gasteiger partial charge in [-0.2, -0.15) is 5.10 Å². The molecule has 2 rings (SSSR count). The lowest BCUT2D eigenvalue weighted by Crippen LogP contribution is -2.13. The van der Waals surface area contributed by atoms with E-state index in [9.17, 15) is 9.59 Å². The normalized spacial score (nSPS) is 10.2. The van der Waals surface area contributed by atoms with E-state index < -0.39 is 5.97 Å². The van der Waals surface area contributed by atoms with Crippen LogP contribution in [0.4, 0.5) is 5.13 Å². The summed E-state index contributed by atoms with van der Waals surface area (Å²) in [6, 6.07) is 1.59. The van der Waals surface area contributed by atoms with Crippen LogP contribution in [0.15, 0.2) is 17.6 Å². The zero-order valence-corrected chi connectivity index (χ0v) is 11.2. The van der Waals surface area contributed by atoms with Crippen LogP contribution in [0.5, 0.6) is 0 Å². The second-order valence-electron chi connectivity index (χ2n) is 3.59. The Morgan fingerprint density at radius 1 is 1.47 bits per heavy atom. The van der Waals surface area contributed by atoms with Crippen LogP contribution >= 0.6 is 11.3 Å². The third kappa shape index (κ3) is 3.16. The number of rotatable bonds is 4. The van der Waals surface area contributed by atoms with Crippen molar-refractivity contribution >= 4 is 28.3 Å². The molecule has 0 unspecified atom stereocenters. The van der Waals surface area contributed by atoms with Crippen LogP contribution in [0.25, 0.3) is 0 Å². The fraction of sp³-hybridized carbons (Fsp3) is 0.273. The number of nitrogens with one attached hydrogen (secondary N) is 1. The van der Waals surface area contributed by atoms with Crippen molar-refractivity contribution < 1.29 is 14.3 Å². The van der Waals surface area contributed by atoms with Crippen LogP contribution in [-0.4, -0.2) is 33.2 Å². The van der Waals surface area contributed by atoms with Gasteiger partial charge >= 0.3 is 5.97 Å². The highest BCUT2D eigenvalue weighted by Crippen LogP contribution is 2.16. The minimum Gasteiger partial charge on any atom is -0.461 e. The molecule has 0 atom stereocenters. The first-order valence-corrected chi connectivity index (χ1v) is 6.41. The Morgan fingerprint density at radius 2 is 2.26 bits per heavy atom. The number of aryl methyl sites for hydroxylation is 1. The second kappa shape index (κ2) is 5.61. The summed E-state index contributed by atoms with van der Waals surface area (Å²) in [5.74, 6) is -0.873. The van der Waals surface area contributed by atoms with Crippen molar-refractivity contribution in [3.05, 3.63) is 29.0 Å². The third-order valence-electron chi connectivity index (χ3n) is 2.16. The molecule has 100 valence electrons. The summed E-state index contributed by atoms with van der Waals surface area (Å²) in [7, 11) is 1.72. The number of esters is 1. The van der Waals surface area contributed by atoms with Gasteiger partial charge in [0.05, 0.1) is 6.61 Å². The molecule has 1 N–H and O–H groups in total. The van der Waals surface area contributed by atoms with Gasteiger partial charge in [-0.3, -0.25) is 14.8 Å². The molecule has 2 heterocycles. The van der Waals surface area contributed by atoms with Gasteiger partial charge in [-0.1, -0.05) is 0 Å². The Balaban J connectivity index is 2.04. The maximum absolute atomic E-state index is 11.8. The van der Waals surface area contributed by atoms with E-state index in [1.165, 1.54) is 10.1 Å². The fourth-order valence-electron chi connectivity index (χ4n) is 1.33. The van der Waals surface area contributed by atoms with Gasteiger partial charge in [0.25, 0.3) is 5.91 Å². The molecular formula is C11H12N4O3S. The summed E-state index contributed by atoms with van der Waals surface area (Å²) >= 11 is 1.16. The third-order valence-corrected chi connectivity index (χ3v) is 2.91. The minimum absolute atomic E-state index is 0.183. The maximum atomic E-state index is 11.8. The van der Waals surface area contributed by atoms with Gasteiger partial charge < -0.3 is 4.74 Å². The molecule has 0 aliphatic rings. The average Bonchev–Trinajstić information content (AvgIpc) is 2.98. The molecule has 0 bridgehead atoms. The van der Waals surface area contributed by atoms with Crippen molar-refractivity contribution in [3.63, 3.8) is 0 Å². The first kappa shape index (κ1) is 13.2. The Bertz CT molecular complexity index is 605. The fourth-order valence-corrected chi connectivity index (χ4v) is 2.00. The van der Waals surface area contributed by atoms with E-state index in [-0.39, 0.29) is 23.9 Å². The van der Waals surface area contributed by atoms with Crippen LogP contribution in [0.2, 0.25) is 0 Å². The molecule has 0 saturated heterocycles. The van der Waals surface area contributed by atoms with Crippen molar-refractivity contribution in [2.75, 3.05) is 11.9 Å². The van der Waals surface area contributed by atoms with Crippen LogP contribution in [0, 0.1) is 0 Å². The molecule has 7 nitrogen and oxygen atoms in total. The molecule has 0 saturated carbocycles. The Hall–Kier alpha value is -2.22. The predicted molar refractivity (Wildman–Crippen MR) is 69.2 cm³/mol.